The number of amides is 2. The molecule has 0 fully saturated rings. The minimum atomic E-state index is -3.71. The average Bonchev–Trinajstić information content (AvgIpc) is 2.69. The van der Waals surface area contributed by atoms with Crippen molar-refractivity contribution in [2.75, 3.05) is 24.2 Å². The second-order valence-corrected chi connectivity index (χ2v) is 9.87. The van der Waals surface area contributed by atoms with Gasteiger partial charge in [0.15, 0.2) is 0 Å². The van der Waals surface area contributed by atoms with Crippen molar-refractivity contribution in [3.8, 4) is 0 Å². The fourth-order valence-corrected chi connectivity index (χ4v) is 4.24. The average molecular weight is 496 g/mol. The van der Waals surface area contributed by atoms with Gasteiger partial charge in [0.25, 0.3) is 0 Å². The highest BCUT2D eigenvalue weighted by atomic mass is 79.9. The second kappa shape index (κ2) is 10.1. The van der Waals surface area contributed by atoms with Gasteiger partial charge in [-0.25, -0.2) is 8.42 Å². The van der Waals surface area contributed by atoms with Crippen LogP contribution < -0.4 is 9.62 Å². The summed E-state index contributed by atoms with van der Waals surface area (Å²) in [5.41, 5.74) is 2.18. The smallest absolute Gasteiger partial charge is 0.244 e. The third-order valence-corrected chi connectivity index (χ3v) is 6.29. The van der Waals surface area contributed by atoms with E-state index in [-0.39, 0.29) is 12.5 Å². The summed E-state index contributed by atoms with van der Waals surface area (Å²) in [7, 11) is -2.22. The van der Waals surface area contributed by atoms with Crippen molar-refractivity contribution in [1.82, 2.24) is 10.2 Å². The first kappa shape index (κ1) is 23.9. The van der Waals surface area contributed by atoms with Crippen LogP contribution in [0, 0.1) is 6.92 Å². The monoisotopic (exact) mass is 495 g/mol. The van der Waals surface area contributed by atoms with E-state index in [1.54, 1.807) is 31.2 Å². The lowest BCUT2D eigenvalue weighted by molar-refractivity contribution is -0.139. The van der Waals surface area contributed by atoms with Gasteiger partial charge >= 0.3 is 0 Å². The largest absolute Gasteiger partial charge is 0.357 e. The third-order valence-electron chi connectivity index (χ3n) is 4.66. The number of nitrogens with zero attached hydrogens (tertiary/aromatic N) is 2. The van der Waals surface area contributed by atoms with Crippen molar-refractivity contribution in [3.05, 3.63) is 64.1 Å². The molecule has 0 spiro atoms. The van der Waals surface area contributed by atoms with E-state index in [1.807, 2.05) is 31.2 Å². The van der Waals surface area contributed by atoms with Gasteiger partial charge in [-0.05, 0) is 43.7 Å². The van der Waals surface area contributed by atoms with E-state index in [2.05, 4.69) is 21.2 Å². The molecule has 0 saturated heterocycles. The van der Waals surface area contributed by atoms with Crippen LogP contribution in [0.2, 0.25) is 0 Å². The van der Waals surface area contributed by atoms with E-state index < -0.39 is 28.5 Å². The number of aryl methyl sites for hydroxylation is 1. The number of benzene rings is 2. The van der Waals surface area contributed by atoms with Gasteiger partial charge in [-0.2, -0.15) is 0 Å². The molecule has 9 heteroatoms. The molecule has 0 aliphatic heterocycles. The standard InChI is InChI=1S/C21H26BrN3O4S/c1-15-8-10-19(11-9-15)25(30(4,28)29)14-20(26)24(16(2)21(27)23-3)13-17-6-5-7-18(22)12-17/h5-12,16H,13-14H2,1-4H3,(H,23,27). The van der Waals surface area contributed by atoms with E-state index in [0.29, 0.717) is 5.69 Å². The number of hydrogen-bond acceptors (Lipinski definition) is 4. The quantitative estimate of drug-likeness (QED) is 0.609. The second-order valence-electron chi connectivity index (χ2n) is 7.05. The van der Waals surface area contributed by atoms with E-state index in [1.165, 1.54) is 11.9 Å². The van der Waals surface area contributed by atoms with Crippen LogP contribution in [0.1, 0.15) is 18.1 Å². The maximum absolute atomic E-state index is 13.2. The number of carbonyl (C=O) groups is 2. The molecule has 1 atom stereocenters. The molecule has 7 nitrogen and oxygen atoms in total. The van der Waals surface area contributed by atoms with Gasteiger partial charge < -0.3 is 10.2 Å². The molecule has 0 saturated carbocycles. The van der Waals surface area contributed by atoms with E-state index in [9.17, 15) is 18.0 Å². The zero-order valence-electron chi connectivity index (χ0n) is 17.4. The predicted molar refractivity (Wildman–Crippen MR) is 122 cm³/mol. The Bertz CT molecular complexity index is 1010. The summed E-state index contributed by atoms with van der Waals surface area (Å²) in [6.45, 7) is 3.27. The van der Waals surface area contributed by atoms with Crippen molar-refractivity contribution >= 4 is 43.5 Å². The molecule has 162 valence electrons. The molecular formula is C21H26BrN3O4S. The van der Waals surface area contributed by atoms with Crippen LogP contribution in [0.15, 0.2) is 53.0 Å². The molecule has 0 bridgehead atoms. The van der Waals surface area contributed by atoms with Crippen LogP contribution in [0.25, 0.3) is 0 Å². The van der Waals surface area contributed by atoms with Crippen molar-refractivity contribution in [3.63, 3.8) is 0 Å². The fourth-order valence-electron chi connectivity index (χ4n) is 2.95. The van der Waals surface area contributed by atoms with Crippen LogP contribution in [0.4, 0.5) is 5.69 Å². The maximum atomic E-state index is 13.2. The summed E-state index contributed by atoms with van der Waals surface area (Å²) in [4.78, 5) is 26.9. The number of rotatable bonds is 8. The van der Waals surface area contributed by atoms with Crippen molar-refractivity contribution < 1.29 is 18.0 Å². The van der Waals surface area contributed by atoms with Crippen LogP contribution in [-0.4, -0.2) is 51.0 Å². The minimum Gasteiger partial charge on any atom is -0.357 e. The van der Waals surface area contributed by atoms with Gasteiger partial charge in [0.05, 0.1) is 11.9 Å². The summed E-state index contributed by atoms with van der Waals surface area (Å²) < 4.78 is 26.7. The number of nitrogens with one attached hydrogen (secondary N) is 1. The highest BCUT2D eigenvalue weighted by Crippen LogP contribution is 2.20. The van der Waals surface area contributed by atoms with Gasteiger partial charge in [-0.15, -0.1) is 0 Å². The molecule has 0 heterocycles. The van der Waals surface area contributed by atoms with Gasteiger partial charge in [-0.1, -0.05) is 45.8 Å². The van der Waals surface area contributed by atoms with Crippen LogP contribution >= 0.6 is 15.9 Å². The Morgan fingerprint density at radius 2 is 1.77 bits per heavy atom. The van der Waals surface area contributed by atoms with E-state index in [4.69, 9.17) is 0 Å². The van der Waals surface area contributed by atoms with Gasteiger partial charge in [0.1, 0.15) is 12.6 Å². The zero-order valence-corrected chi connectivity index (χ0v) is 19.8. The topological polar surface area (TPSA) is 86.8 Å². The first-order chi connectivity index (χ1) is 14.0. The Balaban J connectivity index is 2.36. The predicted octanol–water partition coefficient (Wildman–Crippen LogP) is 2.69. The molecular weight excluding hydrogens is 470 g/mol. The van der Waals surface area contributed by atoms with E-state index in [0.717, 1.165) is 26.2 Å². The first-order valence-corrected chi connectivity index (χ1v) is 12.0. The number of hydrogen-bond donors (Lipinski definition) is 1. The Morgan fingerprint density at radius 3 is 2.30 bits per heavy atom. The summed E-state index contributed by atoms with van der Waals surface area (Å²) in [6.07, 6.45) is 1.06. The molecule has 0 aliphatic carbocycles. The van der Waals surface area contributed by atoms with Gasteiger partial charge in [-0.3, -0.25) is 13.9 Å². The lowest BCUT2D eigenvalue weighted by Crippen LogP contribution is -2.50. The normalized spacial score (nSPS) is 12.2. The first-order valence-electron chi connectivity index (χ1n) is 9.33. The molecule has 2 aromatic carbocycles. The Morgan fingerprint density at radius 1 is 1.13 bits per heavy atom. The molecule has 1 unspecified atom stereocenters. The Hall–Kier alpha value is -2.39. The highest BCUT2D eigenvalue weighted by Gasteiger charge is 2.29. The number of halogens is 1. The number of likely N-dealkylation sites (N-methyl/N-ethyl adjacent to an activating group) is 1. The number of anilines is 1. The molecule has 0 radical (unpaired) electrons. The van der Waals surface area contributed by atoms with Crippen molar-refractivity contribution in [2.45, 2.75) is 26.4 Å². The molecule has 2 aromatic rings. The highest BCUT2D eigenvalue weighted by molar-refractivity contribution is 9.10. The van der Waals surface area contributed by atoms with Gasteiger partial charge in [0, 0.05) is 18.1 Å². The molecule has 2 amide bonds. The molecule has 2 rings (SSSR count). The van der Waals surface area contributed by atoms with Crippen LogP contribution in [-0.2, 0) is 26.2 Å². The summed E-state index contributed by atoms with van der Waals surface area (Å²) >= 11 is 3.40. The zero-order chi connectivity index (χ0) is 22.5. The molecule has 0 aliphatic rings. The summed E-state index contributed by atoms with van der Waals surface area (Å²) in [5, 5.41) is 2.54. The lowest BCUT2D eigenvalue weighted by Gasteiger charge is -2.31. The summed E-state index contributed by atoms with van der Waals surface area (Å²) in [5.74, 6) is -0.809. The molecule has 1 N–H and O–H groups in total. The molecule has 0 aromatic heterocycles. The number of carbonyl (C=O) groups excluding carboxylic acids is 2. The third kappa shape index (κ3) is 6.30. The minimum absolute atomic E-state index is 0.165. The Kier molecular flexibility index (Phi) is 8.03. The van der Waals surface area contributed by atoms with Gasteiger partial charge in [0.2, 0.25) is 21.8 Å². The lowest BCUT2D eigenvalue weighted by atomic mass is 10.1. The van der Waals surface area contributed by atoms with Crippen LogP contribution in [0.3, 0.4) is 0 Å². The summed E-state index contributed by atoms with van der Waals surface area (Å²) in [6, 6.07) is 13.5. The fraction of sp³-hybridized carbons (Fsp3) is 0.333. The SMILES string of the molecule is CNC(=O)C(C)N(Cc1cccc(Br)c1)C(=O)CN(c1ccc(C)cc1)S(C)(=O)=O. The van der Waals surface area contributed by atoms with Crippen LogP contribution in [0.5, 0.6) is 0 Å². The van der Waals surface area contributed by atoms with Crippen molar-refractivity contribution in [1.29, 1.82) is 0 Å². The maximum Gasteiger partial charge on any atom is 0.244 e. The van der Waals surface area contributed by atoms with Crippen molar-refractivity contribution in [2.24, 2.45) is 0 Å². The van der Waals surface area contributed by atoms with E-state index >= 15 is 0 Å². The molecule has 30 heavy (non-hydrogen) atoms. The Labute approximate surface area is 186 Å². The number of sulfonamides is 1.